The van der Waals surface area contributed by atoms with Gasteiger partial charge < -0.3 is 14.2 Å². The van der Waals surface area contributed by atoms with Crippen LogP contribution in [-0.2, 0) is 28.6 Å². The number of rotatable bonds is 55. The van der Waals surface area contributed by atoms with E-state index >= 15 is 0 Å². The lowest BCUT2D eigenvalue weighted by molar-refractivity contribution is -0.167. The molecule has 1 unspecified atom stereocenters. The summed E-state index contributed by atoms with van der Waals surface area (Å²) in [7, 11) is 0. The zero-order valence-corrected chi connectivity index (χ0v) is 46.1. The normalized spacial score (nSPS) is 12.3. The van der Waals surface area contributed by atoms with E-state index in [1.807, 2.05) is 0 Å². The van der Waals surface area contributed by atoms with Crippen molar-refractivity contribution in [2.24, 2.45) is 0 Å². The molecule has 0 radical (unpaired) electrons. The van der Waals surface area contributed by atoms with Crippen LogP contribution < -0.4 is 0 Å². The average molecular weight is 968 g/mol. The van der Waals surface area contributed by atoms with E-state index in [0.717, 1.165) is 77.0 Å². The van der Waals surface area contributed by atoms with E-state index < -0.39 is 6.10 Å². The van der Waals surface area contributed by atoms with Crippen molar-refractivity contribution in [3.8, 4) is 0 Å². The molecule has 69 heavy (non-hydrogen) atoms. The molecule has 0 saturated heterocycles. The van der Waals surface area contributed by atoms with Gasteiger partial charge in [0.15, 0.2) is 6.10 Å². The lowest BCUT2D eigenvalue weighted by Crippen LogP contribution is -2.30. The first-order valence-corrected chi connectivity index (χ1v) is 30.1. The van der Waals surface area contributed by atoms with E-state index in [1.54, 1.807) is 0 Å². The van der Waals surface area contributed by atoms with Crippen molar-refractivity contribution in [1.82, 2.24) is 0 Å². The molecule has 0 aliphatic rings. The summed E-state index contributed by atoms with van der Waals surface area (Å²) in [5.41, 5.74) is 0. The molecular formula is C63H114O6. The summed E-state index contributed by atoms with van der Waals surface area (Å²) in [6, 6.07) is 0. The number of unbranched alkanes of at least 4 members (excludes halogenated alkanes) is 36. The lowest BCUT2D eigenvalue weighted by atomic mass is 10.0. The Labute approximate surface area is 428 Å². The summed E-state index contributed by atoms with van der Waals surface area (Å²) in [6.07, 6.45) is 71.3. The summed E-state index contributed by atoms with van der Waals surface area (Å²) in [4.78, 5) is 38.0. The van der Waals surface area contributed by atoms with Crippen molar-refractivity contribution >= 4 is 17.9 Å². The van der Waals surface area contributed by atoms with E-state index in [2.05, 4.69) is 69.4 Å². The highest BCUT2D eigenvalue weighted by Gasteiger charge is 2.19. The Morgan fingerprint density at radius 2 is 0.522 bits per heavy atom. The standard InChI is InChI=1S/C63H114O6/c1-4-7-10-13-16-19-21-23-25-26-27-28-29-30-31-32-33-34-35-36-37-38-39-41-42-44-47-50-53-56-62(65)68-59-60(58-67-61(64)55-52-49-46-18-15-12-9-6-3)69-63(66)57-54-51-48-45-43-40-24-22-20-17-14-11-8-5-2/h21-24,26-27,29-30,60H,4-20,25,28,31-59H2,1-3H3/b23-21-,24-22-,27-26-,30-29-. The number of hydrogen-bond acceptors (Lipinski definition) is 6. The Morgan fingerprint density at radius 3 is 0.826 bits per heavy atom. The molecule has 0 fully saturated rings. The summed E-state index contributed by atoms with van der Waals surface area (Å²) >= 11 is 0. The van der Waals surface area contributed by atoms with Gasteiger partial charge >= 0.3 is 17.9 Å². The highest BCUT2D eigenvalue weighted by molar-refractivity contribution is 5.71. The van der Waals surface area contributed by atoms with Gasteiger partial charge in [0.1, 0.15) is 13.2 Å². The van der Waals surface area contributed by atoms with Crippen molar-refractivity contribution in [3.05, 3.63) is 48.6 Å². The van der Waals surface area contributed by atoms with Crippen molar-refractivity contribution in [2.45, 2.75) is 322 Å². The molecule has 0 amide bonds. The number of allylic oxidation sites excluding steroid dienone is 8. The fourth-order valence-electron chi connectivity index (χ4n) is 8.74. The van der Waals surface area contributed by atoms with E-state index in [1.165, 1.54) is 199 Å². The fraction of sp³-hybridized carbons (Fsp3) is 0.825. The van der Waals surface area contributed by atoms with E-state index in [4.69, 9.17) is 14.2 Å². The third-order valence-electron chi connectivity index (χ3n) is 13.3. The summed E-state index contributed by atoms with van der Waals surface area (Å²) in [6.45, 7) is 6.61. The van der Waals surface area contributed by atoms with Crippen molar-refractivity contribution in [3.63, 3.8) is 0 Å². The largest absolute Gasteiger partial charge is 0.462 e. The van der Waals surface area contributed by atoms with E-state index in [9.17, 15) is 14.4 Å². The van der Waals surface area contributed by atoms with Crippen molar-refractivity contribution in [2.75, 3.05) is 13.2 Å². The third kappa shape index (κ3) is 56.2. The molecule has 0 aromatic heterocycles. The molecule has 0 spiro atoms. The molecule has 0 aliphatic heterocycles. The van der Waals surface area contributed by atoms with Gasteiger partial charge in [-0.2, -0.15) is 0 Å². The van der Waals surface area contributed by atoms with Gasteiger partial charge in [-0.1, -0.05) is 262 Å². The molecule has 1 atom stereocenters. The first-order valence-electron chi connectivity index (χ1n) is 30.1. The monoisotopic (exact) mass is 967 g/mol. The van der Waals surface area contributed by atoms with Gasteiger partial charge in [0, 0.05) is 19.3 Å². The van der Waals surface area contributed by atoms with Crippen molar-refractivity contribution < 1.29 is 28.6 Å². The Morgan fingerprint density at radius 1 is 0.290 bits per heavy atom. The average Bonchev–Trinajstić information content (AvgIpc) is 3.35. The highest BCUT2D eigenvalue weighted by Crippen LogP contribution is 2.16. The Hall–Kier alpha value is -2.63. The molecule has 0 aliphatic carbocycles. The quantitative estimate of drug-likeness (QED) is 0.0262. The molecule has 0 aromatic rings. The third-order valence-corrected chi connectivity index (χ3v) is 13.3. The molecule has 0 aromatic carbocycles. The summed E-state index contributed by atoms with van der Waals surface area (Å²) in [5.74, 6) is -0.874. The minimum Gasteiger partial charge on any atom is -0.462 e. The predicted octanol–water partition coefficient (Wildman–Crippen LogP) is 20.2. The topological polar surface area (TPSA) is 78.9 Å². The van der Waals surface area contributed by atoms with Gasteiger partial charge in [-0.15, -0.1) is 0 Å². The van der Waals surface area contributed by atoms with Crippen LogP contribution in [0, 0.1) is 0 Å². The van der Waals surface area contributed by atoms with Gasteiger partial charge in [-0.3, -0.25) is 14.4 Å². The zero-order valence-electron chi connectivity index (χ0n) is 46.1. The SMILES string of the molecule is CCCCCCC/C=C\C/C=C\C/C=C\CCCCCCCCCCCCCCCCC(=O)OCC(COC(=O)CCCCCCCCCC)OC(=O)CCCCCCC/C=C\CCCCCCC. The van der Waals surface area contributed by atoms with Crippen LogP contribution in [0.2, 0.25) is 0 Å². The number of ether oxygens (including phenoxy) is 3. The number of hydrogen-bond donors (Lipinski definition) is 0. The molecule has 6 nitrogen and oxygen atoms in total. The first kappa shape index (κ1) is 66.4. The van der Waals surface area contributed by atoms with Crippen LogP contribution in [0.5, 0.6) is 0 Å². The summed E-state index contributed by atoms with van der Waals surface area (Å²) < 4.78 is 16.8. The fourth-order valence-corrected chi connectivity index (χ4v) is 8.74. The molecular weight excluding hydrogens is 853 g/mol. The molecule has 0 saturated carbocycles. The van der Waals surface area contributed by atoms with Crippen LogP contribution >= 0.6 is 0 Å². The second-order valence-corrected chi connectivity index (χ2v) is 20.3. The van der Waals surface area contributed by atoms with Crippen LogP contribution in [0.25, 0.3) is 0 Å². The van der Waals surface area contributed by atoms with Gasteiger partial charge in [-0.25, -0.2) is 0 Å². The number of carbonyl (C=O) groups is 3. The molecule has 0 rings (SSSR count). The van der Waals surface area contributed by atoms with E-state index in [-0.39, 0.29) is 31.1 Å². The minimum absolute atomic E-state index is 0.0735. The van der Waals surface area contributed by atoms with Crippen molar-refractivity contribution in [1.29, 1.82) is 0 Å². The first-order chi connectivity index (χ1) is 34.0. The molecule has 6 heteroatoms. The van der Waals surface area contributed by atoms with Crippen LogP contribution in [0.4, 0.5) is 0 Å². The highest BCUT2D eigenvalue weighted by atomic mass is 16.6. The van der Waals surface area contributed by atoms with Crippen LogP contribution in [0.3, 0.4) is 0 Å². The smallest absolute Gasteiger partial charge is 0.306 e. The predicted molar refractivity (Wildman–Crippen MR) is 298 cm³/mol. The second-order valence-electron chi connectivity index (χ2n) is 20.3. The lowest BCUT2D eigenvalue weighted by Gasteiger charge is -2.18. The van der Waals surface area contributed by atoms with Crippen LogP contribution in [-0.4, -0.2) is 37.2 Å². The maximum atomic E-state index is 12.8. The minimum atomic E-state index is -0.773. The number of esters is 3. The molecule has 0 N–H and O–H groups in total. The molecule has 0 heterocycles. The molecule has 402 valence electrons. The van der Waals surface area contributed by atoms with Gasteiger partial charge in [-0.05, 0) is 83.5 Å². The maximum Gasteiger partial charge on any atom is 0.306 e. The maximum absolute atomic E-state index is 12.8. The van der Waals surface area contributed by atoms with Crippen LogP contribution in [0.1, 0.15) is 316 Å². The zero-order chi connectivity index (χ0) is 50.0. The Bertz CT molecular complexity index is 1200. The number of carbonyl (C=O) groups excluding carboxylic acids is 3. The summed E-state index contributed by atoms with van der Waals surface area (Å²) in [5, 5.41) is 0. The van der Waals surface area contributed by atoms with Gasteiger partial charge in [0.05, 0.1) is 0 Å². The Balaban J connectivity index is 4.09. The van der Waals surface area contributed by atoms with Gasteiger partial charge in [0.2, 0.25) is 0 Å². The Kier molecular flexibility index (Phi) is 55.7. The molecule has 0 bridgehead atoms. The second kappa shape index (κ2) is 57.9. The van der Waals surface area contributed by atoms with Crippen LogP contribution in [0.15, 0.2) is 48.6 Å². The van der Waals surface area contributed by atoms with E-state index in [0.29, 0.717) is 19.3 Å². The van der Waals surface area contributed by atoms with Gasteiger partial charge in [0.25, 0.3) is 0 Å².